The van der Waals surface area contributed by atoms with Gasteiger partial charge in [0, 0.05) is 25.1 Å². The van der Waals surface area contributed by atoms with Crippen LogP contribution in [-0.4, -0.2) is 57.3 Å². The number of methoxy groups -OCH3 is 1. The number of aromatic nitrogens is 4. The molecule has 9 nitrogen and oxygen atoms in total. The predicted molar refractivity (Wildman–Crippen MR) is 128 cm³/mol. The minimum absolute atomic E-state index is 0.0110. The fourth-order valence-corrected chi connectivity index (χ4v) is 4.30. The van der Waals surface area contributed by atoms with Crippen molar-refractivity contribution in [3.05, 3.63) is 70.5 Å². The Morgan fingerprint density at radius 3 is 2.82 bits per heavy atom. The van der Waals surface area contributed by atoms with Crippen molar-refractivity contribution in [1.82, 2.24) is 25.3 Å². The van der Waals surface area contributed by atoms with E-state index in [1.165, 1.54) is 0 Å². The summed E-state index contributed by atoms with van der Waals surface area (Å²) in [6.45, 7) is 1.02. The molecule has 0 spiro atoms. The van der Waals surface area contributed by atoms with Crippen molar-refractivity contribution in [2.45, 2.75) is 38.3 Å². The summed E-state index contributed by atoms with van der Waals surface area (Å²) in [4.78, 5) is 32.5. The fraction of sp³-hybridized carbons (Fsp3) is 0.375. The second-order valence-electron chi connectivity index (χ2n) is 8.02. The predicted octanol–water partition coefficient (Wildman–Crippen LogP) is 2.60. The monoisotopic (exact) mass is 482 g/mol. The van der Waals surface area contributed by atoms with E-state index in [2.05, 4.69) is 20.3 Å². The number of carbonyl (C=O) groups excluding carboxylic acids is 1. The van der Waals surface area contributed by atoms with E-state index < -0.39 is 0 Å². The number of ether oxygens (including phenoxy) is 1. The largest absolute Gasteiger partial charge is 0.495 e. The molecule has 4 rings (SSSR count). The smallest absolute Gasteiger partial charge is 0.255 e. The molecule has 2 N–H and O–H groups in total. The van der Waals surface area contributed by atoms with E-state index in [1.807, 2.05) is 23.1 Å². The Kier molecular flexibility index (Phi) is 7.87. The molecule has 1 aliphatic rings. The van der Waals surface area contributed by atoms with Crippen LogP contribution in [0.1, 0.15) is 40.3 Å². The zero-order valence-corrected chi connectivity index (χ0v) is 19.7. The molecule has 0 radical (unpaired) electrons. The van der Waals surface area contributed by atoms with Crippen molar-refractivity contribution in [3.63, 3.8) is 0 Å². The number of nitrogens with one attached hydrogen (secondary N) is 1. The van der Waals surface area contributed by atoms with Gasteiger partial charge in [0.05, 0.1) is 42.6 Å². The average molecular weight is 483 g/mol. The number of halogens is 1. The zero-order chi connectivity index (χ0) is 23.9. The van der Waals surface area contributed by atoms with Crippen LogP contribution in [0, 0.1) is 0 Å². The van der Waals surface area contributed by atoms with Gasteiger partial charge < -0.3 is 20.1 Å². The lowest BCUT2D eigenvalue weighted by atomic mass is 10.0. The summed E-state index contributed by atoms with van der Waals surface area (Å²) in [6.07, 6.45) is 7.82. The second-order valence-corrected chi connectivity index (χ2v) is 8.43. The van der Waals surface area contributed by atoms with E-state index in [9.17, 15) is 9.90 Å². The maximum atomic E-state index is 13.0. The number of benzene rings is 1. The molecule has 3 heterocycles. The number of nitrogens with zero attached hydrogens (tertiary/aromatic N) is 5. The molecule has 178 valence electrons. The van der Waals surface area contributed by atoms with Gasteiger partial charge in [-0.05, 0) is 49.4 Å². The number of aliphatic hydroxyl groups excluding tert-OH is 1. The van der Waals surface area contributed by atoms with Crippen LogP contribution in [0.2, 0.25) is 5.02 Å². The quantitative estimate of drug-likeness (QED) is 0.478. The first-order valence-corrected chi connectivity index (χ1v) is 11.6. The lowest BCUT2D eigenvalue weighted by Gasteiger charge is -2.23. The van der Waals surface area contributed by atoms with Gasteiger partial charge in [-0.3, -0.25) is 4.79 Å². The summed E-state index contributed by atoms with van der Waals surface area (Å²) in [6, 6.07) is 7.34. The number of aryl methyl sites for hydroxylation is 2. The third-order valence-electron chi connectivity index (χ3n) is 5.84. The minimum atomic E-state index is -0.290. The number of aliphatic hydroxyl groups is 1. The number of anilines is 1. The van der Waals surface area contributed by atoms with Crippen LogP contribution < -0.4 is 15.0 Å². The van der Waals surface area contributed by atoms with Crippen LogP contribution in [-0.2, 0) is 19.4 Å². The molecule has 0 saturated carbocycles. The first kappa shape index (κ1) is 23.8. The molecular weight excluding hydrogens is 456 g/mol. The summed E-state index contributed by atoms with van der Waals surface area (Å²) < 4.78 is 5.23. The van der Waals surface area contributed by atoms with E-state index in [0.29, 0.717) is 46.6 Å². The Bertz CT molecular complexity index is 1130. The highest BCUT2D eigenvalue weighted by Crippen LogP contribution is 2.26. The number of hydrogen-bond donors (Lipinski definition) is 2. The van der Waals surface area contributed by atoms with Crippen molar-refractivity contribution < 1.29 is 14.6 Å². The van der Waals surface area contributed by atoms with Crippen molar-refractivity contribution in [2.75, 3.05) is 25.2 Å². The summed E-state index contributed by atoms with van der Waals surface area (Å²) in [5.41, 5.74) is 2.04. The number of amides is 1. The lowest BCUT2D eigenvalue weighted by Crippen LogP contribution is -2.34. The van der Waals surface area contributed by atoms with E-state index in [4.69, 9.17) is 21.3 Å². The molecule has 1 atom stereocenters. The molecule has 1 unspecified atom stereocenters. The molecule has 1 aromatic carbocycles. The van der Waals surface area contributed by atoms with Gasteiger partial charge in [-0.15, -0.1) is 0 Å². The third kappa shape index (κ3) is 5.60. The van der Waals surface area contributed by atoms with Gasteiger partial charge in [-0.25, -0.2) is 19.9 Å². The first-order valence-electron chi connectivity index (χ1n) is 11.2. The molecule has 1 amide bonds. The first-order chi connectivity index (χ1) is 16.6. The van der Waals surface area contributed by atoms with Gasteiger partial charge in [0.1, 0.15) is 11.6 Å². The van der Waals surface area contributed by atoms with Crippen molar-refractivity contribution in [2.24, 2.45) is 0 Å². The number of carbonyl (C=O) groups is 1. The maximum absolute atomic E-state index is 13.0. The van der Waals surface area contributed by atoms with Crippen LogP contribution in [0.25, 0.3) is 0 Å². The van der Waals surface area contributed by atoms with Crippen LogP contribution in [0.15, 0.2) is 42.9 Å². The summed E-state index contributed by atoms with van der Waals surface area (Å²) in [7, 11) is 1.58. The standard InChI is InChI=1S/C24H27ClN6O3/c1-34-21-8-6-16(12-19(21)25)5-7-20-18(23(33)28-14-22-26-9-3-10-27-22)13-29-24(30-20)31-11-2-4-17(31)15-32/h3,6,8-10,12-13,17,32H,2,4-5,7,11,14-15H2,1H3,(H,28,33). The van der Waals surface area contributed by atoms with Gasteiger partial charge in [0.2, 0.25) is 5.95 Å². The van der Waals surface area contributed by atoms with Gasteiger partial charge >= 0.3 is 0 Å². The van der Waals surface area contributed by atoms with Crippen molar-refractivity contribution >= 4 is 23.5 Å². The third-order valence-corrected chi connectivity index (χ3v) is 6.13. The molecule has 1 fully saturated rings. The lowest BCUT2D eigenvalue weighted by molar-refractivity contribution is 0.0948. The van der Waals surface area contributed by atoms with Crippen LogP contribution in [0.4, 0.5) is 5.95 Å². The summed E-state index contributed by atoms with van der Waals surface area (Å²) in [5, 5.41) is 13.1. The molecule has 10 heteroatoms. The molecule has 1 aliphatic heterocycles. The van der Waals surface area contributed by atoms with E-state index in [1.54, 1.807) is 31.8 Å². The second kappa shape index (κ2) is 11.2. The summed E-state index contributed by atoms with van der Waals surface area (Å²) in [5.74, 6) is 1.37. The maximum Gasteiger partial charge on any atom is 0.255 e. The SMILES string of the molecule is COc1ccc(CCc2nc(N3CCCC3CO)ncc2C(=O)NCc2ncccn2)cc1Cl. The van der Waals surface area contributed by atoms with Crippen LogP contribution >= 0.6 is 11.6 Å². The van der Waals surface area contributed by atoms with Gasteiger partial charge in [-0.1, -0.05) is 17.7 Å². The Morgan fingerprint density at radius 1 is 1.26 bits per heavy atom. The molecule has 2 aromatic heterocycles. The molecule has 1 saturated heterocycles. The highest BCUT2D eigenvalue weighted by molar-refractivity contribution is 6.32. The van der Waals surface area contributed by atoms with E-state index in [0.717, 1.165) is 24.9 Å². The number of hydrogen-bond acceptors (Lipinski definition) is 8. The van der Waals surface area contributed by atoms with Crippen LogP contribution in [0.5, 0.6) is 5.75 Å². The zero-order valence-electron chi connectivity index (χ0n) is 18.9. The van der Waals surface area contributed by atoms with Gasteiger partial charge in [0.15, 0.2) is 0 Å². The van der Waals surface area contributed by atoms with Crippen molar-refractivity contribution in [1.29, 1.82) is 0 Å². The fourth-order valence-electron chi connectivity index (χ4n) is 4.02. The highest BCUT2D eigenvalue weighted by atomic mass is 35.5. The normalized spacial score (nSPS) is 15.4. The number of rotatable bonds is 9. The Hall–Kier alpha value is -3.30. The van der Waals surface area contributed by atoms with E-state index in [-0.39, 0.29) is 25.1 Å². The average Bonchev–Trinajstić information content (AvgIpc) is 3.35. The molecule has 3 aromatic rings. The molecule has 34 heavy (non-hydrogen) atoms. The minimum Gasteiger partial charge on any atom is -0.495 e. The molecule has 0 bridgehead atoms. The van der Waals surface area contributed by atoms with Crippen LogP contribution in [0.3, 0.4) is 0 Å². The topological polar surface area (TPSA) is 113 Å². The Balaban J connectivity index is 1.56. The Labute approximate surface area is 203 Å². The molecular formula is C24H27ClN6O3. The highest BCUT2D eigenvalue weighted by Gasteiger charge is 2.27. The van der Waals surface area contributed by atoms with E-state index >= 15 is 0 Å². The van der Waals surface area contributed by atoms with Gasteiger partial charge in [0.25, 0.3) is 5.91 Å². The van der Waals surface area contributed by atoms with Crippen molar-refractivity contribution in [3.8, 4) is 5.75 Å². The summed E-state index contributed by atoms with van der Waals surface area (Å²) >= 11 is 6.28. The Morgan fingerprint density at radius 2 is 2.09 bits per heavy atom. The molecule has 0 aliphatic carbocycles. The van der Waals surface area contributed by atoms with Gasteiger partial charge in [-0.2, -0.15) is 0 Å².